The van der Waals surface area contributed by atoms with Gasteiger partial charge < -0.3 is 5.11 Å². The number of hydrogen-bond donors (Lipinski definition) is 1. The van der Waals surface area contributed by atoms with Crippen LogP contribution in [0.2, 0.25) is 0 Å². The molecule has 0 aromatic rings. The SMILES string of the molecule is CCN1[C@H](C(=O)O)C[C@@H]2CCCC[C@@H]21. The Labute approximate surface area is 85.1 Å². The summed E-state index contributed by atoms with van der Waals surface area (Å²) in [5, 5.41) is 9.12. The van der Waals surface area contributed by atoms with Crippen molar-refractivity contribution in [2.24, 2.45) is 5.92 Å². The lowest BCUT2D eigenvalue weighted by Gasteiger charge is -2.31. The van der Waals surface area contributed by atoms with E-state index in [1.807, 2.05) is 0 Å². The van der Waals surface area contributed by atoms with Crippen LogP contribution in [0.4, 0.5) is 0 Å². The summed E-state index contributed by atoms with van der Waals surface area (Å²) in [5.74, 6) is 0.0334. The van der Waals surface area contributed by atoms with Crippen molar-refractivity contribution in [3.63, 3.8) is 0 Å². The molecule has 2 fully saturated rings. The lowest BCUT2D eigenvalue weighted by molar-refractivity contribution is -0.142. The van der Waals surface area contributed by atoms with Gasteiger partial charge in [-0.05, 0) is 31.7 Å². The summed E-state index contributed by atoms with van der Waals surface area (Å²) >= 11 is 0. The van der Waals surface area contributed by atoms with E-state index in [0.29, 0.717) is 12.0 Å². The van der Waals surface area contributed by atoms with Gasteiger partial charge in [-0.15, -0.1) is 0 Å². The molecule has 14 heavy (non-hydrogen) atoms. The molecule has 3 heteroatoms. The third-order valence-electron chi connectivity index (χ3n) is 3.87. The highest BCUT2D eigenvalue weighted by Gasteiger charge is 2.44. The fourth-order valence-corrected chi connectivity index (χ4v) is 3.25. The zero-order valence-corrected chi connectivity index (χ0v) is 8.78. The van der Waals surface area contributed by atoms with E-state index < -0.39 is 5.97 Å². The number of hydrogen-bond acceptors (Lipinski definition) is 2. The van der Waals surface area contributed by atoms with E-state index in [4.69, 9.17) is 5.11 Å². The highest BCUT2D eigenvalue weighted by molar-refractivity contribution is 5.74. The third kappa shape index (κ3) is 1.54. The monoisotopic (exact) mass is 197 g/mol. The smallest absolute Gasteiger partial charge is 0.320 e. The van der Waals surface area contributed by atoms with Crippen molar-refractivity contribution >= 4 is 5.97 Å². The van der Waals surface area contributed by atoms with Gasteiger partial charge in [-0.1, -0.05) is 19.8 Å². The maximum Gasteiger partial charge on any atom is 0.320 e. The number of nitrogens with zero attached hydrogens (tertiary/aromatic N) is 1. The minimum Gasteiger partial charge on any atom is -0.480 e. The maximum absolute atomic E-state index is 11.1. The Kier molecular flexibility index (Phi) is 2.77. The Bertz CT molecular complexity index is 229. The first kappa shape index (κ1) is 9.97. The van der Waals surface area contributed by atoms with Gasteiger partial charge in [0, 0.05) is 6.04 Å². The Morgan fingerprint density at radius 1 is 1.43 bits per heavy atom. The van der Waals surface area contributed by atoms with Gasteiger partial charge in [0.15, 0.2) is 0 Å². The van der Waals surface area contributed by atoms with Crippen molar-refractivity contribution in [2.45, 2.75) is 51.1 Å². The molecule has 1 saturated carbocycles. The normalized spacial score (nSPS) is 38.2. The molecule has 3 nitrogen and oxygen atoms in total. The third-order valence-corrected chi connectivity index (χ3v) is 3.87. The molecule has 80 valence electrons. The van der Waals surface area contributed by atoms with Crippen LogP contribution in [0.3, 0.4) is 0 Å². The quantitative estimate of drug-likeness (QED) is 0.732. The van der Waals surface area contributed by atoms with E-state index >= 15 is 0 Å². The molecule has 1 aliphatic carbocycles. The first-order valence-corrected chi connectivity index (χ1v) is 5.72. The number of carbonyl (C=O) groups is 1. The molecule has 0 spiro atoms. The van der Waals surface area contributed by atoms with Gasteiger partial charge in [-0.2, -0.15) is 0 Å². The largest absolute Gasteiger partial charge is 0.480 e. The van der Waals surface area contributed by atoms with Crippen molar-refractivity contribution in [3.8, 4) is 0 Å². The molecule has 3 atom stereocenters. The number of likely N-dealkylation sites (N-methyl/N-ethyl adjacent to an activating group) is 1. The molecule has 1 N–H and O–H groups in total. The van der Waals surface area contributed by atoms with Crippen molar-refractivity contribution < 1.29 is 9.90 Å². The molecule has 2 rings (SSSR count). The number of rotatable bonds is 2. The summed E-state index contributed by atoms with van der Waals surface area (Å²) in [7, 11) is 0. The summed E-state index contributed by atoms with van der Waals surface area (Å²) in [5.41, 5.74) is 0. The predicted octanol–water partition coefficient (Wildman–Crippen LogP) is 1.72. The predicted molar refractivity (Wildman–Crippen MR) is 54.2 cm³/mol. The topological polar surface area (TPSA) is 40.5 Å². The molecule has 1 heterocycles. The summed E-state index contributed by atoms with van der Waals surface area (Å²) in [4.78, 5) is 13.3. The van der Waals surface area contributed by atoms with E-state index in [2.05, 4.69) is 11.8 Å². The molecule has 0 aromatic heterocycles. The Balaban J connectivity index is 2.12. The van der Waals surface area contributed by atoms with Gasteiger partial charge in [0.25, 0.3) is 0 Å². The van der Waals surface area contributed by atoms with Crippen LogP contribution < -0.4 is 0 Å². The summed E-state index contributed by atoms with van der Waals surface area (Å²) in [6.07, 6.45) is 5.91. The fourth-order valence-electron chi connectivity index (χ4n) is 3.25. The lowest BCUT2D eigenvalue weighted by Crippen LogP contribution is -2.41. The molecule has 0 amide bonds. The summed E-state index contributed by atoms with van der Waals surface area (Å²) in [6, 6.07) is 0.364. The Morgan fingerprint density at radius 3 is 2.79 bits per heavy atom. The van der Waals surface area contributed by atoms with Crippen LogP contribution in [0.15, 0.2) is 0 Å². The maximum atomic E-state index is 11.1. The molecule has 0 bridgehead atoms. The first-order chi connectivity index (χ1) is 6.74. The molecule has 1 saturated heterocycles. The zero-order chi connectivity index (χ0) is 10.1. The van der Waals surface area contributed by atoms with Crippen molar-refractivity contribution in [1.29, 1.82) is 0 Å². The second-order valence-corrected chi connectivity index (χ2v) is 4.53. The second kappa shape index (κ2) is 3.89. The molecule has 0 unspecified atom stereocenters. The van der Waals surface area contributed by atoms with Crippen molar-refractivity contribution in [3.05, 3.63) is 0 Å². The molecule has 0 aromatic carbocycles. The van der Waals surface area contributed by atoms with Crippen LogP contribution in [-0.2, 0) is 4.79 Å². The average molecular weight is 197 g/mol. The minimum atomic E-state index is -0.624. The van der Waals surface area contributed by atoms with Gasteiger partial charge in [0.1, 0.15) is 6.04 Å². The van der Waals surface area contributed by atoms with Crippen molar-refractivity contribution in [2.75, 3.05) is 6.54 Å². The van der Waals surface area contributed by atoms with Gasteiger partial charge in [-0.25, -0.2) is 0 Å². The summed E-state index contributed by atoms with van der Waals surface area (Å²) < 4.78 is 0. The molecular formula is C11H19NO2. The van der Waals surface area contributed by atoms with Gasteiger partial charge in [-0.3, -0.25) is 9.69 Å². The highest BCUT2D eigenvalue weighted by Crippen LogP contribution is 2.39. The number of likely N-dealkylation sites (tertiary alicyclic amines) is 1. The summed E-state index contributed by atoms with van der Waals surface area (Å²) in [6.45, 7) is 2.96. The van der Waals surface area contributed by atoms with E-state index in [1.54, 1.807) is 0 Å². The average Bonchev–Trinajstić information content (AvgIpc) is 2.56. The first-order valence-electron chi connectivity index (χ1n) is 5.72. The van der Waals surface area contributed by atoms with Crippen LogP contribution in [-0.4, -0.2) is 34.6 Å². The van der Waals surface area contributed by atoms with Crippen LogP contribution in [0.1, 0.15) is 39.0 Å². The van der Waals surface area contributed by atoms with Gasteiger partial charge in [0.05, 0.1) is 0 Å². The van der Waals surface area contributed by atoms with Crippen LogP contribution in [0, 0.1) is 5.92 Å². The molecule has 1 aliphatic heterocycles. The number of carboxylic acids is 1. The molecule has 2 aliphatic rings. The van der Waals surface area contributed by atoms with E-state index in [1.165, 1.54) is 25.7 Å². The van der Waals surface area contributed by atoms with E-state index in [0.717, 1.165) is 13.0 Å². The van der Waals surface area contributed by atoms with Gasteiger partial charge in [0.2, 0.25) is 0 Å². The fraction of sp³-hybridized carbons (Fsp3) is 0.909. The van der Waals surface area contributed by atoms with Crippen LogP contribution in [0.25, 0.3) is 0 Å². The Morgan fingerprint density at radius 2 is 2.14 bits per heavy atom. The van der Waals surface area contributed by atoms with E-state index in [-0.39, 0.29) is 6.04 Å². The van der Waals surface area contributed by atoms with Crippen LogP contribution in [0.5, 0.6) is 0 Å². The number of carboxylic acid groups (broad SMARTS) is 1. The standard InChI is InChI=1S/C11H19NO2/c1-2-12-9-6-4-3-5-8(9)7-10(12)11(13)14/h8-10H,2-7H2,1H3,(H,13,14)/t8-,9-,10-/m0/s1. The van der Waals surface area contributed by atoms with Crippen LogP contribution >= 0.6 is 0 Å². The van der Waals surface area contributed by atoms with E-state index in [9.17, 15) is 4.79 Å². The Hall–Kier alpha value is -0.570. The highest BCUT2D eigenvalue weighted by atomic mass is 16.4. The lowest BCUT2D eigenvalue weighted by atomic mass is 9.85. The number of aliphatic carboxylic acids is 1. The second-order valence-electron chi connectivity index (χ2n) is 4.53. The zero-order valence-electron chi connectivity index (χ0n) is 8.78. The van der Waals surface area contributed by atoms with Gasteiger partial charge >= 0.3 is 5.97 Å². The minimum absolute atomic E-state index is 0.201. The molecule has 0 radical (unpaired) electrons. The number of fused-ring (bicyclic) bond motifs is 1. The molecular weight excluding hydrogens is 178 g/mol. The van der Waals surface area contributed by atoms with Crippen molar-refractivity contribution in [1.82, 2.24) is 4.90 Å².